The third kappa shape index (κ3) is 1.50. The first-order valence-electron chi connectivity index (χ1n) is 4.42. The predicted octanol–water partition coefficient (Wildman–Crippen LogP) is 1.74. The third-order valence-corrected chi connectivity index (χ3v) is 1.23. The van der Waals surface area contributed by atoms with Crippen LogP contribution in [-0.2, 0) is 0 Å². The number of hydrogen-bond acceptors (Lipinski definition) is 3. The number of hydrogen-bond donors (Lipinski definition) is 0. The van der Waals surface area contributed by atoms with Crippen molar-refractivity contribution in [3.8, 4) is 5.75 Å². The SMILES string of the molecule is [2H]C([2H])([2H])Oc1ccc(F)c([N+](=O)[O-])c1. The van der Waals surface area contributed by atoms with Gasteiger partial charge < -0.3 is 4.74 Å². The summed E-state index contributed by atoms with van der Waals surface area (Å²) in [4.78, 5) is 9.35. The zero-order valence-corrected chi connectivity index (χ0v) is 5.78. The number of ether oxygens (including phenoxy) is 1. The molecule has 64 valence electrons. The van der Waals surface area contributed by atoms with Crippen molar-refractivity contribution in [1.29, 1.82) is 0 Å². The highest BCUT2D eigenvalue weighted by Gasteiger charge is 2.13. The first-order chi connectivity index (χ1) is 6.79. The highest BCUT2D eigenvalue weighted by Crippen LogP contribution is 2.22. The quantitative estimate of drug-likeness (QED) is 0.506. The third-order valence-electron chi connectivity index (χ3n) is 1.23. The molecule has 1 aromatic rings. The summed E-state index contributed by atoms with van der Waals surface area (Å²) in [5.74, 6) is -1.32. The van der Waals surface area contributed by atoms with Crippen LogP contribution in [0.3, 0.4) is 0 Å². The fourth-order valence-electron chi connectivity index (χ4n) is 0.696. The Morgan fingerprint density at radius 2 is 2.50 bits per heavy atom. The van der Waals surface area contributed by atoms with Gasteiger partial charge in [-0.3, -0.25) is 10.1 Å². The second-order valence-corrected chi connectivity index (χ2v) is 1.97. The second kappa shape index (κ2) is 3.17. The summed E-state index contributed by atoms with van der Waals surface area (Å²) in [5.41, 5.74) is -0.822. The Morgan fingerprint density at radius 3 is 3.08 bits per heavy atom. The summed E-state index contributed by atoms with van der Waals surface area (Å²) in [6.45, 7) is 0. The Morgan fingerprint density at radius 1 is 1.75 bits per heavy atom. The maximum Gasteiger partial charge on any atom is 0.308 e. The molecule has 0 spiro atoms. The molecule has 1 aromatic carbocycles. The van der Waals surface area contributed by atoms with E-state index in [0.717, 1.165) is 18.2 Å². The first kappa shape index (κ1) is 5.08. The molecule has 0 aliphatic heterocycles. The fourth-order valence-corrected chi connectivity index (χ4v) is 0.696. The summed E-state index contributed by atoms with van der Waals surface area (Å²) >= 11 is 0. The molecule has 0 aliphatic rings. The zero-order chi connectivity index (χ0) is 11.6. The molecule has 1 rings (SSSR count). The minimum absolute atomic E-state index is 0.275. The van der Waals surface area contributed by atoms with Crippen LogP contribution in [0.15, 0.2) is 18.2 Å². The molecule has 0 bridgehead atoms. The normalized spacial score (nSPS) is 14.2. The van der Waals surface area contributed by atoms with Crippen LogP contribution >= 0.6 is 0 Å². The molecule has 0 aliphatic carbocycles. The molecule has 5 heteroatoms. The van der Waals surface area contributed by atoms with E-state index in [0.29, 0.717) is 0 Å². The molecule has 0 atom stereocenters. The van der Waals surface area contributed by atoms with E-state index in [-0.39, 0.29) is 5.75 Å². The molecule has 4 nitrogen and oxygen atoms in total. The van der Waals surface area contributed by atoms with Crippen LogP contribution in [-0.4, -0.2) is 12.0 Å². The average Bonchev–Trinajstić information content (AvgIpc) is 2.05. The van der Waals surface area contributed by atoms with Crippen LogP contribution in [0.4, 0.5) is 10.1 Å². The minimum Gasteiger partial charge on any atom is -0.496 e. The topological polar surface area (TPSA) is 52.4 Å². The van der Waals surface area contributed by atoms with Crippen molar-refractivity contribution in [3.05, 3.63) is 34.1 Å². The van der Waals surface area contributed by atoms with Gasteiger partial charge in [-0.15, -0.1) is 0 Å². The maximum atomic E-state index is 12.8. The number of rotatable bonds is 2. The molecule has 0 saturated carbocycles. The van der Waals surface area contributed by atoms with Crippen LogP contribution in [0.5, 0.6) is 5.75 Å². The molecule has 0 amide bonds. The molecule has 0 saturated heterocycles. The number of nitro benzene ring substituents is 1. The zero-order valence-electron chi connectivity index (χ0n) is 8.78. The Bertz CT molecular complexity index is 394. The fraction of sp³-hybridized carbons (Fsp3) is 0.143. The smallest absolute Gasteiger partial charge is 0.308 e. The van der Waals surface area contributed by atoms with Crippen molar-refractivity contribution in [2.24, 2.45) is 0 Å². The first-order valence-corrected chi connectivity index (χ1v) is 2.92. The minimum atomic E-state index is -2.72. The lowest BCUT2D eigenvalue weighted by atomic mass is 10.3. The lowest BCUT2D eigenvalue weighted by molar-refractivity contribution is -0.387. The Labute approximate surface area is 71.9 Å². The van der Waals surface area contributed by atoms with Crippen LogP contribution in [0.25, 0.3) is 0 Å². The van der Waals surface area contributed by atoms with Gasteiger partial charge in [0, 0.05) is 0 Å². The molecule has 0 aromatic heterocycles. The van der Waals surface area contributed by atoms with Gasteiger partial charge >= 0.3 is 5.69 Å². The van der Waals surface area contributed by atoms with Crippen LogP contribution < -0.4 is 4.74 Å². The molecular weight excluding hydrogens is 165 g/mol. The van der Waals surface area contributed by atoms with E-state index >= 15 is 0 Å². The van der Waals surface area contributed by atoms with Crippen molar-refractivity contribution >= 4 is 5.69 Å². The van der Waals surface area contributed by atoms with E-state index in [1.165, 1.54) is 0 Å². The number of nitro groups is 1. The average molecular weight is 174 g/mol. The van der Waals surface area contributed by atoms with E-state index in [2.05, 4.69) is 4.74 Å². The molecule has 0 heterocycles. The standard InChI is InChI=1S/C7H6FNO3/c1-12-5-2-3-6(8)7(4-5)9(10)11/h2-4H,1H3/i1D3. The number of methoxy groups -OCH3 is 1. The molecule has 0 radical (unpaired) electrons. The monoisotopic (exact) mass is 174 g/mol. The van der Waals surface area contributed by atoms with Crippen molar-refractivity contribution in [1.82, 2.24) is 0 Å². The molecule has 0 fully saturated rings. The number of benzene rings is 1. The highest BCUT2D eigenvalue weighted by molar-refractivity contribution is 5.39. The summed E-state index contributed by atoms with van der Waals surface area (Å²) in [7, 11) is -2.72. The van der Waals surface area contributed by atoms with E-state index in [1.54, 1.807) is 0 Å². The molecule has 0 N–H and O–H groups in total. The maximum absolute atomic E-state index is 12.8. The predicted molar refractivity (Wildman–Crippen MR) is 39.6 cm³/mol. The van der Waals surface area contributed by atoms with E-state index in [4.69, 9.17) is 4.11 Å². The van der Waals surface area contributed by atoms with Gasteiger partial charge in [-0.1, -0.05) is 0 Å². The van der Waals surface area contributed by atoms with E-state index in [9.17, 15) is 14.5 Å². The van der Waals surface area contributed by atoms with Crippen molar-refractivity contribution < 1.29 is 18.2 Å². The Kier molecular flexibility index (Phi) is 1.34. The van der Waals surface area contributed by atoms with Gasteiger partial charge in [0.25, 0.3) is 0 Å². The number of nitrogens with zero attached hydrogens (tertiary/aromatic N) is 1. The highest BCUT2D eigenvalue weighted by atomic mass is 19.1. The van der Waals surface area contributed by atoms with Gasteiger partial charge in [0.1, 0.15) is 5.75 Å². The summed E-state index contributed by atoms with van der Waals surface area (Å²) in [5, 5.41) is 10.3. The van der Waals surface area contributed by atoms with Gasteiger partial charge in [-0.25, -0.2) is 0 Å². The summed E-state index contributed by atoms with van der Waals surface area (Å²) < 4.78 is 37.4. The van der Waals surface area contributed by atoms with E-state index < -0.39 is 23.5 Å². The lowest BCUT2D eigenvalue weighted by Crippen LogP contribution is -1.93. The summed E-state index contributed by atoms with van der Waals surface area (Å²) in [6, 6.07) is 2.51. The van der Waals surface area contributed by atoms with Gasteiger partial charge in [-0.2, -0.15) is 4.39 Å². The van der Waals surface area contributed by atoms with Crippen molar-refractivity contribution in [3.63, 3.8) is 0 Å². The lowest BCUT2D eigenvalue weighted by Gasteiger charge is -1.98. The van der Waals surface area contributed by atoms with Crippen LogP contribution in [0.1, 0.15) is 4.11 Å². The van der Waals surface area contributed by atoms with Gasteiger partial charge in [0.05, 0.1) is 22.1 Å². The Balaban J connectivity index is 3.03. The van der Waals surface area contributed by atoms with Crippen LogP contribution in [0, 0.1) is 15.9 Å². The van der Waals surface area contributed by atoms with Crippen molar-refractivity contribution in [2.45, 2.75) is 0 Å². The molecule has 0 unspecified atom stereocenters. The second-order valence-electron chi connectivity index (χ2n) is 1.97. The molecule has 12 heavy (non-hydrogen) atoms. The molecular formula is C7H6FNO3. The summed E-state index contributed by atoms with van der Waals surface area (Å²) in [6.07, 6.45) is 0. The Hall–Kier alpha value is -1.65. The van der Waals surface area contributed by atoms with Gasteiger partial charge in [0.2, 0.25) is 5.82 Å². The van der Waals surface area contributed by atoms with E-state index in [1.807, 2.05) is 0 Å². The number of halogens is 1. The van der Waals surface area contributed by atoms with Gasteiger partial charge in [-0.05, 0) is 12.1 Å². The van der Waals surface area contributed by atoms with Crippen molar-refractivity contribution in [2.75, 3.05) is 7.04 Å². The van der Waals surface area contributed by atoms with Gasteiger partial charge in [0.15, 0.2) is 0 Å². The largest absolute Gasteiger partial charge is 0.496 e. The van der Waals surface area contributed by atoms with Crippen LogP contribution in [0.2, 0.25) is 0 Å².